The van der Waals surface area contributed by atoms with Gasteiger partial charge >= 0.3 is 5.97 Å². The summed E-state index contributed by atoms with van der Waals surface area (Å²) in [5, 5.41) is 0. The van der Waals surface area contributed by atoms with Gasteiger partial charge in [0.15, 0.2) is 9.90 Å². The van der Waals surface area contributed by atoms with Crippen molar-refractivity contribution in [2.45, 2.75) is 17.7 Å². The second-order valence-electron chi connectivity index (χ2n) is 4.10. The molecule has 0 aliphatic rings. The maximum Gasteiger partial charge on any atom is 0.358 e. The van der Waals surface area contributed by atoms with Crippen LogP contribution in [0.5, 0.6) is 0 Å². The van der Waals surface area contributed by atoms with Crippen LogP contribution in [-0.2, 0) is 21.3 Å². The monoisotopic (exact) mass is 347 g/mol. The van der Waals surface area contributed by atoms with Crippen LogP contribution in [0.15, 0.2) is 15.2 Å². The number of aromatic nitrogens is 2. The molecule has 0 N–H and O–H groups in total. The Morgan fingerprint density at radius 2 is 2.00 bits per heavy atom. The SMILES string of the molecule is COC(=O)c1ncsc1S(=O)(=O)N(C)Cc1scnc1C. The summed E-state index contributed by atoms with van der Waals surface area (Å²) in [5.74, 6) is -0.766. The lowest BCUT2D eigenvalue weighted by Crippen LogP contribution is -2.27. The van der Waals surface area contributed by atoms with Gasteiger partial charge in [-0.15, -0.1) is 22.7 Å². The average Bonchev–Trinajstić information content (AvgIpc) is 3.08. The van der Waals surface area contributed by atoms with Gasteiger partial charge in [-0.05, 0) is 6.92 Å². The molecule has 0 amide bonds. The summed E-state index contributed by atoms with van der Waals surface area (Å²) in [4.78, 5) is 20.3. The van der Waals surface area contributed by atoms with E-state index in [1.165, 1.54) is 35.3 Å². The van der Waals surface area contributed by atoms with Crippen LogP contribution >= 0.6 is 22.7 Å². The molecule has 0 spiro atoms. The molecule has 10 heteroatoms. The molecule has 0 radical (unpaired) electrons. The van der Waals surface area contributed by atoms with Crippen LogP contribution in [-0.4, -0.2) is 42.8 Å². The first kappa shape index (κ1) is 16.0. The van der Waals surface area contributed by atoms with Crippen molar-refractivity contribution < 1.29 is 17.9 Å². The fourth-order valence-electron chi connectivity index (χ4n) is 1.56. The first-order valence-corrected chi connectivity index (χ1v) is 8.95. The standard InChI is InChI=1S/C11H13N3O4S3/c1-7-8(19-5-12-7)4-14(2)21(16,17)11-9(10(15)18-3)13-6-20-11/h5-6H,4H2,1-3H3. The molecule has 0 aromatic carbocycles. The second kappa shape index (κ2) is 6.18. The van der Waals surface area contributed by atoms with Crippen LogP contribution in [0.4, 0.5) is 0 Å². The number of methoxy groups -OCH3 is 1. The molecule has 2 aromatic rings. The minimum atomic E-state index is -3.81. The number of ether oxygens (including phenoxy) is 1. The summed E-state index contributed by atoms with van der Waals surface area (Å²) in [6.07, 6.45) is 0. The molecule has 0 bridgehead atoms. The number of carbonyl (C=O) groups is 1. The highest BCUT2D eigenvalue weighted by Crippen LogP contribution is 2.26. The Balaban J connectivity index is 2.32. The second-order valence-corrected chi connectivity index (χ2v) is 8.14. The van der Waals surface area contributed by atoms with E-state index in [9.17, 15) is 13.2 Å². The van der Waals surface area contributed by atoms with Crippen LogP contribution in [0.25, 0.3) is 0 Å². The van der Waals surface area contributed by atoms with E-state index in [2.05, 4.69) is 14.7 Å². The third-order valence-corrected chi connectivity index (χ3v) is 6.84. The quantitative estimate of drug-likeness (QED) is 0.762. The minimum Gasteiger partial charge on any atom is -0.464 e. The molecule has 0 aliphatic carbocycles. The van der Waals surface area contributed by atoms with Crippen LogP contribution in [0, 0.1) is 6.92 Å². The van der Waals surface area contributed by atoms with Crippen LogP contribution < -0.4 is 0 Å². The van der Waals surface area contributed by atoms with Gasteiger partial charge in [-0.3, -0.25) is 0 Å². The Morgan fingerprint density at radius 3 is 2.57 bits per heavy atom. The molecule has 0 fully saturated rings. The zero-order valence-electron chi connectivity index (χ0n) is 11.6. The smallest absolute Gasteiger partial charge is 0.358 e. The van der Waals surface area contributed by atoms with Crippen molar-refractivity contribution in [3.05, 3.63) is 27.3 Å². The molecule has 114 valence electrons. The minimum absolute atomic E-state index is 0.112. The highest BCUT2D eigenvalue weighted by atomic mass is 32.2. The van der Waals surface area contributed by atoms with Crippen molar-refractivity contribution in [3.8, 4) is 0 Å². The van der Waals surface area contributed by atoms with Crippen molar-refractivity contribution in [3.63, 3.8) is 0 Å². The number of aryl methyl sites for hydroxylation is 1. The fourth-order valence-corrected chi connectivity index (χ4v) is 4.93. The Morgan fingerprint density at radius 1 is 1.33 bits per heavy atom. The summed E-state index contributed by atoms with van der Waals surface area (Å²) < 4.78 is 30.7. The topological polar surface area (TPSA) is 89.5 Å². The Labute approximate surface area is 130 Å². The molecular weight excluding hydrogens is 334 g/mol. The largest absolute Gasteiger partial charge is 0.464 e. The molecule has 21 heavy (non-hydrogen) atoms. The van der Waals surface area contributed by atoms with Gasteiger partial charge in [0.2, 0.25) is 0 Å². The van der Waals surface area contributed by atoms with Gasteiger partial charge in [-0.2, -0.15) is 4.31 Å². The first-order chi connectivity index (χ1) is 9.87. The van der Waals surface area contributed by atoms with Gasteiger partial charge < -0.3 is 4.74 Å². The number of esters is 1. The van der Waals surface area contributed by atoms with Crippen molar-refractivity contribution in [2.24, 2.45) is 0 Å². The van der Waals surface area contributed by atoms with E-state index in [-0.39, 0.29) is 16.4 Å². The maximum atomic E-state index is 12.5. The van der Waals surface area contributed by atoms with E-state index in [4.69, 9.17) is 0 Å². The Hall–Kier alpha value is -1.36. The van der Waals surface area contributed by atoms with E-state index in [1.807, 2.05) is 6.92 Å². The molecule has 0 aliphatic heterocycles. The summed E-state index contributed by atoms with van der Waals surface area (Å²) in [6.45, 7) is 2.01. The molecule has 7 nitrogen and oxygen atoms in total. The number of carbonyl (C=O) groups excluding carboxylic acids is 1. The van der Waals surface area contributed by atoms with Crippen LogP contribution in [0.1, 0.15) is 21.1 Å². The summed E-state index contributed by atoms with van der Waals surface area (Å²) in [6, 6.07) is 0. The molecule has 0 atom stereocenters. The van der Waals surface area contributed by atoms with E-state index in [0.717, 1.165) is 21.9 Å². The van der Waals surface area contributed by atoms with Crippen molar-refractivity contribution >= 4 is 38.7 Å². The zero-order valence-corrected chi connectivity index (χ0v) is 14.0. The van der Waals surface area contributed by atoms with Gasteiger partial charge in [0.1, 0.15) is 0 Å². The zero-order chi connectivity index (χ0) is 15.6. The van der Waals surface area contributed by atoms with Gasteiger partial charge in [0.25, 0.3) is 10.0 Å². The van der Waals surface area contributed by atoms with Crippen LogP contribution in [0.2, 0.25) is 0 Å². The van der Waals surface area contributed by atoms with Gasteiger partial charge in [0, 0.05) is 18.5 Å². The number of nitrogens with zero attached hydrogens (tertiary/aromatic N) is 3. The molecule has 0 saturated heterocycles. The van der Waals surface area contributed by atoms with E-state index < -0.39 is 16.0 Å². The van der Waals surface area contributed by atoms with Crippen LogP contribution in [0.3, 0.4) is 0 Å². The summed E-state index contributed by atoms with van der Waals surface area (Å²) in [5.41, 5.74) is 3.58. The Kier molecular flexibility index (Phi) is 4.71. The summed E-state index contributed by atoms with van der Waals surface area (Å²) >= 11 is 2.28. The summed E-state index contributed by atoms with van der Waals surface area (Å²) in [7, 11) is -1.17. The lowest BCUT2D eigenvalue weighted by atomic mass is 10.4. The highest BCUT2D eigenvalue weighted by molar-refractivity contribution is 7.91. The molecule has 2 rings (SSSR count). The average molecular weight is 347 g/mol. The van der Waals surface area contributed by atoms with E-state index >= 15 is 0 Å². The van der Waals surface area contributed by atoms with Crippen molar-refractivity contribution in [1.82, 2.24) is 14.3 Å². The number of sulfonamides is 1. The normalized spacial score (nSPS) is 11.8. The lowest BCUT2D eigenvalue weighted by Gasteiger charge is -2.15. The third-order valence-electron chi connectivity index (χ3n) is 2.77. The third kappa shape index (κ3) is 3.12. The number of rotatable bonds is 5. The predicted octanol–water partition coefficient (Wildman–Crippen LogP) is 1.52. The number of hydrogen-bond donors (Lipinski definition) is 0. The molecule has 0 saturated carbocycles. The molecular formula is C11H13N3O4S3. The maximum absolute atomic E-state index is 12.5. The number of hydrogen-bond acceptors (Lipinski definition) is 8. The van der Waals surface area contributed by atoms with E-state index in [0.29, 0.717) is 0 Å². The first-order valence-electron chi connectivity index (χ1n) is 5.75. The molecule has 2 heterocycles. The van der Waals surface area contributed by atoms with E-state index in [1.54, 1.807) is 5.51 Å². The van der Waals surface area contributed by atoms with Gasteiger partial charge in [-0.1, -0.05) is 0 Å². The fraction of sp³-hybridized carbons (Fsp3) is 0.364. The van der Waals surface area contributed by atoms with Gasteiger partial charge in [-0.25, -0.2) is 23.2 Å². The highest BCUT2D eigenvalue weighted by Gasteiger charge is 2.30. The number of thiazole rings is 2. The van der Waals surface area contributed by atoms with Crippen molar-refractivity contribution in [2.75, 3.05) is 14.2 Å². The Bertz CT molecular complexity index is 750. The predicted molar refractivity (Wildman–Crippen MR) is 79.0 cm³/mol. The van der Waals surface area contributed by atoms with Gasteiger partial charge in [0.05, 0.1) is 23.8 Å². The molecule has 2 aromatic heterocycles. The molecule has 0 unspecified atom stereocenters. The van der Waals surface area contributed by atoms with Crippen molar-refractivity contribution in [1.29, 1.82) is 0 Å². The lowest BCUT2D eigenvalue weighted by molar-refractivity contribution is 0.0590.